The van der Waals surface area contributed by atoms with Crippen LogP contribution in [-0.4, -0.2) is 14.1 Å². The van der Waals surface area contributed by atoms with E-state index in [0.717, 1.165) is 18.4 Å². The van der Waals surface area contributed by atoms with Crippen molar-refractivity contribution < 1.29 is 0 Å². The molecule has 0 N–H and O–H groups in total. The van der Waals surface area contributed by atoms with Gasteiger partial charge in [0, 0.05) is 19.3 Å². The van der Waals surface area contributed by atoms with E-state index in [0.29, 0.717) is 30.5 Å². The van der Waals surface area contributed by atoms with Gasteiger partial charge >= 0.3 is 5.69 Å². The van der Waals surface area contributed by atoms with Crippen molar-refractivity contribution in [2.24, 2.45) is 0 Å². The van der Waals surface area contributed by atoms with Gasteiger partial charge in [0.15, 0.2) is 5.52 Å². The third-order valence-electron chi connectivity index (χ3n) is 4.19. The molecule has 1 aromatic carbocycles. The van der Waals surface area contributed by atoms with Gasteiger partial charge in [0.05, 0.1) is 5.52 Å². The first-order chi connectivity index (χ1) is 11.7. The van der Waals surface area contributed by atoms with Crippen LogP contribution in [0, 0.1) is 0 Å². The predicted molar refractivity (Wildman–Crippen MR) is 95.3 cm³/mol. The molecule has 0 aliphatic carbocycles. The van der Waals surface area contributed by atoms with Crippen LogP contribution in [0.3, 0.4) is 0 Å². The zero-order chi connectivity index (χ0) is 16.9. The molecule has 0 saturated carbocycles. The summed E-state index contributed by atoms with van der Waals surface area (Å²) in [6.07, 6.45) is 4.11. The second-order valence-electron chi connectivity index (χ2n) is 5.85. The topological polar surface area (TPSA) is 56.9 Å². The highest BCUT2D eigenvalue weighted by Crippen LogP contribution is 2.07. The molecule has 124 valence electrons. The number of hydrogen-bond donors (Lipinski definition) is 0. The van der Waals surface area contributed by atoms with Gasteiger partial charge in [0.2, 0.25) is 0 Å². The third-order valence-corrected chi connectivity index (χ3v) is 4.19. The van der Waals surface area contributed by atoms with Gasteiger partial charge in [-0.3, -0.25) is 13.9 Å². The zero-order valence-corrected chi connectivity index (χ0v) is 13.8. The maximum absolute atomic E-state index is 12.8. The van der Waals surface area contributed by atoms with Gasteiger partial charge in [-0.05, 0) is 30.5 Å². The molecule has 0 fully saturated rings. The third kappa shape index (κ3) is 3.15. The van der Waals surface area contributed by atoms with E-state index >= 15 is 0 Å². The summed E-state index contributed by atoms with van der Waals surface area (Å²) in [7, 11) is 0. The van der Waals surface area contributed by atoms with Crippen LogP contribution in [-0.2, 0) is 19.5 Å². The lowest BCUT2D eigenvalue weighted by Crippen LogP contribution is -2.41. The standard InChI is InChI=1S/C19H21N3O2/c1-2-3-13-21-16-10-7-12-20-17(16)18(23)22(19(21)24)14-11-15-8-5-4-6-9-15/h4-10,12H,2-3,11,13-14H2,1H3. The number of fused-ring (bicyclic) bond motifs is 1. The van der Waals surface area contributed by atoms with E-state index < -0.39 is 0 Å². The van der Waals surface area contributed by atoms with Crippen molar-refractivity contribution in [1.29, 1.82) is 0 Å². The molecule has 0 unspecified atom stereocenters. The summed E-state index contributed by atoms with van der Waals surface area (Å²) in [6, 6.07) is 13.4. The first-order valence-corrected chi connectivity index (χ1v) is 8.34. The molecule has 3 rings (SSSR count). The number of nitrogens with zero attached hydrogens (tertiary/aromatic N) is 3. The molecule has 0 amide bonds. The van der Waals surface area contributed by atoms with E-state index in [9.17, 15) is 9.59 Å². The molecule has 5 heteroatoms. The van der Waals surface area contributed by atoms with Crippen molar-refractivity contribution >= 4 is 11.0 Å². The van der Waals surface area contributed by atoms with Crippen molar-refractivity contribution in [1.82, 2.24) is 14.1 Å². The Balaban J connectivity index is 2.06. The van der Waals surface area contributed by atoms with Crippen LogP contribution in [0.2, 0.25) is 0 Å². The van der Waals surface area contributed by atoms with Gasteiger partial charge in [0.1, 0.15) is 0 Å². The predicted octanol–water partition coefficient (Wildman–Crippen LogP) is 2.60. The molecule has 5 nitrogen and oxygen atoms in total. The molecule has 24 heavy (non-hydrogen) atoms. The van der Waals surface area contributed by atoms with E-state index in [2.05, 4.69) is 11.9 Å². The fourth-order valence-corrected chi connectivity index (χ4v) is 2.86. The zero-order valence-electron chi connectivity index (χ0n) is 13.8. The molecule has 0 atom stereocenters. The van der Waals surface area contributed by atoms with Crippen LogP contribution in [0.15, 0.2) is 58.3 Å². The van der Waals surface area contributed by atoms with Gasteiger partial charge < -0.3 is 0 Å². The van der Waals surface area contributed by atoms with Gasteiger partial charge in [-0.25, -0.2) is 9.78 Å². The highest BCUT2D eigenvalue weighted by atomic mass is 16.2. The summed E-state index contributed by atoms with van der Waals surface area (Å²) >= 11 is 0. The van der Waals surface area contributed by atoms with Gasteiger partial charge in [-0.1, -0.05) is 43.7 Å². The van der Waals surface area contributed by atoms with Crippen molar-refractivity contribution in [3.05, 3.63) is 75.1 Å². The van der Waals surface area contributed by atoms with Crippen LogP contribution in [0.25, 0.3) is 11.0 Å². The molecular formula is C19H21N3O2. The Labute approximate surface area is 140 Å². The summed E-state index contributed by atoms with van der Waals surface area (Å²) in [6.45, 7) is 3.04. The molecular weight excluding hydrogens is 302 g/mol. The Kier molecular flexibility index (Phi) is 4.89. The number of aryl methyl sites for hydroxylation is 2. The molecule has 0 radical (unpaired) electrons. The number of hydrogen-bond acceptors (Lipinski definition) is 3. The van der Waals surface area contributed by atoms with Gasteiger partial charge in [-0.15, -0.1) is 0 Å². The van der Waals surface area contributed by atoms with Crippen LogP contribution < -0.4 is 11.2 Å². The van der Waals surface area contributed by atoms with Crippen molar-refractivity contribution in [3.63, 3.8) is 0 Å². The smallest absolute Gasteiger partial charge is 0.292 e. The Morgan fingerprint density at radius 2 is 1.75 bits per heavy atom. The highest BCUT2D eigenvalue weighted by molar-refractivity contribution is 5.72. The normalized spacial score (nSPS) is 11.0. The number of rotatable bonds is 6. The summed E-state index contributed by atoms with van der Waals surface area (Å²) in [4.78, 5) is 29.7. The van der Waals surface area contributed by atoms with E-state index in [1.165, 1.54) is 4.57 Å². The minimum absolute atomic E-state index is 0.245. The summed E-state index contributed by atoms with van der Waals surface area (Å²) in [5, 5.41) is 0. The first-order valence-electron chi connectivity index (χ1n) is 8.34. The van der Waals surface area contributed by atoms with Crippen LogP contribution in [0.5, 0.6) is 0 Å². The Morgan fingerprint density at radius 1 is 0.958 bits per heavy atom. The maximum Gasteiger partial charge on any atom is 0.331 e. The fraction of sp³-hybridized carbons (Fsp3) is 0.316. The van der Waals surface area contributed by atoms with Crippen molar-refractivity contribution in [3.8, 4) is 0 Å². The van der Waals surface area contributed by atoms with Crippen LogP contribution >= 0.6 is 0 Å². The number of pyridine rings is 1. The summed E-state index contributed by atoms with van der Waals surface area (Å²) in [5.74, 6) is 0. The maximum atomic E-state index is 12.8. The SMILES string of the molecule is CCCCn1c(=O)n(CCc2ccccc2)c(=O)c2ncccc21. The second kappa shape index (κ2) is 7.25. The monoisotopic (exact) mass is 323 g/mol. The second-order valence-corrected chi connectivity index (χ2v) is 5.85. The van der Waals surface area contributed by atoms with Gasteiger partial charge in [-0.2, -0.15) is 0 Å². The number of benzene rings is 1. The Hall–Kier alpha value is -2.69. The Morgan fingerprint density at radius 3 is 2.50 bits per heavy atom. The Bertz CT molecular complexity index is 942. The lowest BCUT2D eigenvalue weighted by Gasteiger charge is -2.13. The van der Waals surface area contributed by atoms with Crippen molar-refractivity contribution in [2.45, 2.75) is 39.3 Å². The van der Waals surface area contributed by atoms with E-state index in [-0.39, 0.29) is 11.2 Å². The quantitative estimate of drug-likeness (QED) is 0.700. The summed E-state index contributed by atoms with van der Waals surface area (Å²) in [5.41, 5.74) is 1.53. The van der Waals surface area contributed by atoms with E-state index in [1.807, 2.05) is 30.3 Å². The minimum Gasteiger partial charge on any atom is -0.292 e. The molecule has 3 aromatic rings. The van der Waals surface area contributed by atoms with Crippen molar-refractivity contribution in [2.75, 3.05) is 0 Å². The minimum atomic E-state index is -0.306. The number of aromatic nitrogens is 3. The molecule has 0 bridgehead atoms. The molecule has 2 heterocycles. The average Bonchev–Trinajstić information content (AvgIpc) is 2.62. The van der Waals surface area contributed by atoms with Crippen LogP contribution in [0.1, 0.15) is 25.3 Å². The average molecular weight is 323 g/mol. The van der Waals surface area contributed by atoms with Crippen LogP contribution in [0.4, 0.5) is 0 Å². The number of unbranched alkanes of at least 4 members (excludes halogenated alkanes) is 1. The first kappa shape index (κ1) is 16.2. The molecule has 0 saturated heterocycles. The molecule has 0 aliphatic heterocycles. The van der Waals surface area contributed by atoms with Gasteiger partial charge in [0.25, 0.3) is 5.56 Å². The summed E-state index contributed by atoms with van der Waals surface area (Å²) < 4.78 is 3.00. The molecule has 2 aromatic heterocycles. The van der Waals surface area contributed by atoms with E-state index in [4.69, 9.17) is 0 Å². The fourth-order valence-electron chi connectivity index (χ4n) is 2.86. The van der Waals surface area contributed by atoms with E-state index in [1.54, 1.807) is 22.9 Å². The molecule has 0 spiro atoms. The lowest BCUT2D eigenvalue weighted by atomic mass is 10.1. The molecule has 0 aliphatic rings. The largest absolute Gasteiger partial charge is 0.331 e. The lowest BCUT2D eigenvalue weighted by molar-refractivity contribution is 0.549. The highest BCUT2D eigenvalue weighted by Gasteiger charge is 2.13.